The van der Waals surface area contributed by atoms with Gasteiger partial charge in [-0.05, 0) is 95.8 Å². The number of ether oxygens (including phenoxy) is 1. The number of fused-ring (bicyclic) bond motifs is 5. The van der Waals surface area contributed by atoms with E-state index in [1.807, 2.05) is 11.6 Å². The summed E-state index contributed by atoms with van der Waals surface area (Å²) in [4.78, 5) is 66.8. The summed E-state index contributed by atoms with van der Waals surface area (Å²) >= 11 is 6.38. The van der Waals surface area contributed by atoms with Crippen LogP contribution in [0, 0.1) is 24.7 Å². The van der Waals surface area contributed by atoms with E-state index < -0.39 is 98.8 Å². The molecule has 3 fully saturated rings. The standard InChI is InChI=1S/C41H51ClF3N7O8S/c1-7-25(5)51(37(56)57)31-23(3)16-22(2)10-8-9-11-26-18-40(26,35(55)49-61(58,59)39(21-43)14-15-39)48-32(53)30-19-38(6,41(44,45)52(30)34(31)54)60-33-28-17-27(42)12-13-29(28)50-20-24(4)46-36(50)47-33/h9,11-13,17,20,22-23,25-26,30-31H,7-8,10,14-16,18-19,21H2,1-6H3,(H,48,53)(H,49,55)(H,56,57)/b11-9-/t22-,23-,25?,26-,30+,31+,38-,40-/m1/s1. The van der Waals surface area contributed by atoms with Gasteiger partial charge in [-0.25, -0.2) is 22.6 Å². The van der Waals surface area contributed by atoms with Crippen molar-refractivity contribution in [3.63, 3.8) is 0 Å². The first-order valence-electron chi connectivity index (χ1n) is 20.5. The molecule has 1 aromatic carbocycles. The fraction of sp³-hybridized carbons (Fsp3) is 0.610. The zero-order valence-electron chi connectivity index (χ0n) is 34.8. The molecule has 3 N–H and O–H groups in total. The van der Waals surface area contributed by atoms with Crippen LogP contribution in [-0.2, 0) is 24.4 Å². The van der Waals surface area contributed by atoms with Crippen LogP contribution < -0.4 is 14.8 Å². The normalized spacial score (nSPS) is 30.9. The van der Waals surface area contributed by atoms with Crippen molar-refractivity contribution >= 4 is 62.1 Å². The van der Waals surface area contributed by atoms with Gasteiger partial charge in [-0.15, -0.1) is 0 Å². The summed E-state index contributed by atoms with van der Waals surface area (Å²) < 4.78 is 84.1. The summed E-state index contributed by atoms with van der Waals surface area (Å²) in [5.41, 5.74) is -3.72. The molecule has 61 heavy (non-hydrogen) atoms. The van der Waals surface area contributed by atoms with Crippen molar-refractivity contribution < 1.29 is 50.6 Å². The van der Waals surface area contributed by atoms with Crippen molar-refractivity contribution in [2.45, 2.75) is 133 Å². The number of carbonyl (C=O) groups excluding carboxylic acids is 3. The van der Waals surface area contributed by atoms with Crippen LogP contribution in [0.15, 0.2) is 36.5 Å². The molecule has 4 heterocycles. The largest absolute Gasteiger partial charge is 0.465 e. The minimum Gasteiger partial charge on any atom is -0.465 e. The number of hydrogen-bond donors (Lipinski definition) is 3. The second kappa shape index (κ2) is 15.6. The van der Waals surface area contributed by atoms with Crippen molar-refractivity contribution in [2.75, 3.05) is 6.67 Å². The Labute approximate surface area is 356 Å². The zero-order valence-corrected chi connectivity index (χ0v) is 36.3. The number of aromatic nitrogens is 3. The predicted octanol–water partition coefficient (Wildman–Crippen LogP) is 6.16. The lowest BCUT2D eigenvalue weighted by Gasteiger charge is -2.42. The Morgan fingerprint density at radius 2 is 1.89 bits per heavy atom. The Balaban J connectivity index is 1.36. The predicted molar refractivity (Wildman–Crippen MR) is 218 cm³/mol. The molecule has 1 unspecified atom stereocenters. The Hall–Kier alpha value is -4.65. The van der Waals surface area contributed by atoms with Crippen LogP contribution in [0.1, 0.15) is 91.7 Å². The quantitative estimate of drug-likeness (QED) is 0.166. The molecular formula is C41H51ClF3N7O8S. The number of benzene rings is 1. The maximum atomic E-state index is 17.8. The molecule has 8 atom stereocenters. The molecule has 2 saturated carbocycles. The van der Waals surface area contributed by atoms with Crippen LogP contribution in [0.2, 0.25) is 5.02 Å². The molecule has 3 aromatic rings. The van der Waals surface area contributed by atoms with E-state index in [1.165, 1.54) is 6.07 Å². The maximum Gasteiger partial charge on any atom is 0.408 e. The van der Waals surface area contributed by atoms with Crippen LogP contribution in [0.25, 0.3) is 16.7 Å². The topological polar surface area (TPSA) is 193 Å². The Morgan fingerprint density at radius 1 is 1.18 bits per heavy atom. The lowest BCUT2D eigenvalue weighted by molar-refractivity contribution is -0.218. The second-order valence-electron chi connectivity index (χ2n) is 17.7. The average Bonchev–Trinajstić information content (AvgIpc) is 4.07. The van der Waals surface area contributed by atoms with Crippen molar-refractivity contribution in [2.24, 2.45) is 17.8 Å². The number of allylic oxidation sites excluding steroid dienone is 1. The molecule has 0 bridgehead atoms. The number of carbonyl (C=O) groups is 4. The highest BCUT2D eigenvalue weighted by atomic mass is 35.5. The fourth-order valence-corrected chi connectivity index (χ4v) is 10.6. The minimum atomic E-state index is -4.56. The van der Waals surface area contributed by atoms with Gasteiger partial charge in [0.1, 0.15) is 29.0 Å². The van der Waals surface area contributed by atoms with E-state index in [1.54, 1.807) is 62.6 Å². The molecule has 2 aliphatic carbocycles. The van der Waals surface area contributed by atoms with Gasteiger partial charge in [-0.1, -0.05) is 44.5 Å². The number of amides is 4. The molecule has 2 aliphatic heterocycles. The van der Waals surface area contributed by atoms with Gasteiger partial charge >= 0.3 is 12.1 Å². The maximum absolute atomic E-state index is 17.8. The number of aryl methyl sites for hydroxylation is 1. The van der Waals surface area contributed by atoms with Gasteiger partial charge in [0.2, 0.25) is 27.6 Å². The van der Waals surface area contributed by atoms with Crippen LogP contribution in [0.4, 0.5) is 18.0 Å². The molecule has 2 aromatic heterocycles. The molecule has 7 rings (SSSR count). The summed E-state index contributed by atoms with van der Waals surface area (Å²) in [6.07, 6.45) is 4.00. The molecule has 1 saturated heterocycles. The number of imidazole rings is 1. The van der Waals surface area contributed by atoms with Crippen LogP contribution in [0.3, 0.4) is 0 Å². The van der Waals surface area contributed by atoms with Gasteiger partial charge in [0, 0.05) is 29.6 Å². The summed E-state index contributed by atoms with van der Waals surface area (Å²) in [6, 6.07) is -4.31. The summed E-state index contributed by atoms with van der Waals surface area (Å²) in [5, 5.41) is 13.6. The molecule has 4 amide bonds. The first-order valence-corrected chi connectivity index (χ1v) is 22.4. The summed E-state index contributed by atoms with van der Waals surface area (Å²) in [6.45, 7) is 8.24. The number of halogens is 4. The number of nitrogens with zero attached hydrogens (tertiary/aromatic N) is 5. The van der Waals surface area contributed by atoms with Gasteiger partial charge in [0.05, 0.1) is 16.6 Å². The third-order valence-corrected chi connectivity index (χ3v) is 15.5. The van der Waals surface area contributed by atoms with Gasteiger partial charge in [-0.2, -0.15) is 13.8 Å². The first-order chi connectivity index (χ1) is 28.5. The number of sulfonamides is 1. The van der Waals surface area contributed by atoms with Crippen LogP contribution in [-0.4, -0.2) is 108 Å². The van der Waals surface area contributed by atoms with E-state index in [9.17, 15) is 32.3 Å². The Kier molecular flexibility index (Phi) is 11.4. The lowest BCUT2D eigenvalue weighted by atomic mass is 9.86. The van der Waals surface area contributed by atoms with Crippen molar-refractivity contribution in [1.29, 1.82) is 0 Å². The van der Waals surface area contributed by atoms with E-state index >= 15 is 13.6 Å². The molecule has 4 aliphatic rings. The van der Waals surface area contributed by atoms with E-state index in [-0.39, 0.29) is 65.0 Å². The second-order valence-corrected chi connectivity index (χ2v) is 20.2. The van der Waals surface area contributed by atoms with Crippen LogP contribution >= 0.6 is 11.6 Å². The SMILES string of the molecule is CCC(C)N(C(=O)O)[C@@H]1C(=O)N2[C@@H](C[C@@](C)(Oc3nc4nc(C)cn4c4ccc(Cl)cc34)C2(F)F)C(=O)N[C@]2(C(=O)NS(=O)(=O)C3(CF)CC3)C[C@H]2/C=C\CC[C@@H](C)C[C@H]1C. The lowest BCUT2D eigenvalue weighted by Crippen LogP contribution is -2.64. The van der Waals surface area contributed by atoms with Gasteiger partial charge in [0.15, 0.2) is 5.60 Å². The van der Waals surface area contributed by atoms with Crippen molar-refractivity contribution in [3.8, 4) is 5.88 Å². The van der Waals surface area contributed by atoms with E-state index in [0.29, 0.717) is 24.1 Å². The molecule has 20 heteroatoms. The van der Waals surface area contributed by atoms with E-state index in [4.69, 9.17) is 16.3 Å². The highest BCUT2D eigenvalue weighted by Gasteiger charge is 2.71. The highest BCUT2D eigenvalue weighted by molar-refractivity contribution is 7.91. The van der Waals surface area contributed by atoms with Crippen molar-refractivity contribution in [1.82, 2.24) is 34.2 Å². The Morgan fingerprint density at radius 3 is 2.52 bits per heavy atom. The Bertz CT molecular complexity index is 2430. The van der Waals surface area contributed by atoms with Gasteiger partial charge < -0.3 is 15.2 Å². The number of rotatable bonds is 9. The highest BCUT2D eigenvalue weighted by Crippen LogP contribution is 2.52. The van der Waals surface area contributed by atoms with E-state index in [2.05, 4.69) is 15.3 Å². The number of nitrogens with one attached hydrogen (secondary N) is 2. The number of alkyl halides is 3. The molecular weight excluding hydrogens is 843 g/mol. The van der Waals surface area contributed by atoms with Gasteiger partial charge in [-0.3, -0.25) is 33.3 Å². The van der Waals surface area contributed by atoms with Crippen molar-refractivity contribution in [3.05, 3.63) is 47.3 Å². The van der Waals surface area contributed by atoms with E-state index in [0.717, 1.165) is 11.8 Å². The first kappa shape index (κ1) is 44.4. The molecule has 0 spiro atoms. The van der Waals surface area contributed by atoms with Gasteiger partial charge in [0.25, 0.3) is 11.8 Å². The third kappa shape index (κ3) is 7.56. The molecule has 15 nitrogen and oxygen atoms in total. The fourth-order valence-electron chi connectivity index (χ4n) is 9.01. The molecule has 0 radical (unpaired) electrons. The van der Waals surface area contributed by atoms with Crippen LogP contribution in [0.5, 0.6) is 5.88 Å². The minimum absolute atomic E-state index is 0.0210. The average molecular weight is 894 g/mol. The summed E-state index contributed by atoms with van der Waals surface area (Å²) in [7, 11) is -4.56. The monoisotopic (exact) mass is 893 g/mol. The number of hydrogen-bond acceptors (Lipinski definition) is 9. The smallest absolute Gasteiger partial charge is 0.408 e. The molecule has 332 valence electrons. The summed E-state index contributed by atoms with van der Waals surface area (Å²) in [5.74, 6) is -5.77. The zero-order chi connectivity index (χ0) is 44.6. The number of carboxylic acid groups (broad SMARTS) is 1. The third-order valence-electron chi connectivity index (χ3n) is 13.1.